The first-order chi connectivity index (χ1) is 9.61. The first-order valence-electron chi connectivity index (χ1n) is 6.80. The maximum atomic E-state index is 12.0. The predicted octanol–water partition coefficient (Wildman–Crippen LogP) is 1.22. The zero-order valence-corrected chi connectivity index (χ0v) is 12.7. The van der Waals surface area contributed by atoms with Gasteiger partial charge in [0.15, 0.2) is 0 Å². The molecule has 1 fully saturated rings. The molecule has 5 heteroatoms. The van der Waals surface area contributed by atoms with Crippen LogP contribution < -0.4 is 5.32 Å². The summed E-state index contributed by atoms with van der Waals surface area (Å²) in [6.07, 6.45) is 2.56. The van der Waals surface area contributed by atoms with Crippen molar-refractivity contribution in [3.8, 4) is 11.8 Å². The van der Waals surface area contributed by atoms with E-state index in [1.807, 2.05) is 13.0 Å². The van der Waals surface area contributed by atoms with E-state index < -0.39 is 0 Å². The van der Waals surface area contributed by atoms with Crippen molar-refractivity contribution in [3.05, 3.63) is 21.4 Å². The van der Waals surface area contributed by atoms with E-state index in [0.717, 1.165) is 23.0 Å². The van der Waals surface area contributed by atoms with Gasteiger partial charge in [0.1, 0.15) is 6.61 Å². The molecule has 1 aliphatic rings. The Bertz CT molecular complexity index is 538. The lowest BCUT2D eigenvalue weighted by atomic mass is 10.2. The Balaban J connectivity index is 1.85. The standard InChI is InChI=1S/C15H20N2O2S/c1-11-10-14(20-13(11)4-3-9-18)15(19)16-7-8-17(2)12-5-6-12/h10,12,18H,5-9H2,1-2H3,(H,16,19). The molecule has 0 unspecified atom stereocenters. The maximum Gasteiger partial charge on any atom is 0.261 e. The minimum absolute atomic E-state index is 0.0423. The summed E-state index contributed by atoms with van der Waals surface area (Å²) < 4.78 is 0. The van der Waals surface area contributed by atoms with Crippen LogP contribution in [0.3, 0.4) is 0 Å². The molecule has 1 saturated carbocycles. The van der Waals surface area contributed by atoms with Crippen LogP contribution in [0.1, 0.15) is 33.0 Å². The minimum Gasteiger partial charge on any atom is -0.384 e. The molecular weight excluding hydrogens is 272 g/mol. The van der Waals surface area contributed by atoms with Gasteiger partial charge in [-0.2, -0.15) is 0 Å². The van der Waals surface area contributed by atoms with Gasteiger partial charge in [-0.3, -0.25) is 4.79 Å². The molecule has 1 heterocycles. The minimum atomic E-state index is -0.160. The Morgan fingerprint density at radius 1 is 1.60 bits per heavy atom. The highest BCUT2D eigenvalue weighted by Crippen LogP contribution is 2.24. The predicted molar refractivity (Wildman–Crippen MR) is 81.0 cm³/mol. The van der Waals surface area contributed by atoms with Gasteiger partial charge in [-0.25, -0.2) is 0 Å². The molecule has 0 spiro atoms. The van der Waals surface area contributed by atoms with E-state index in [1.54, 1.807) is 0 Å². The maximum absolute atomic E-state index is 12.0. The van der Waals surface area contributed by atoms with Crippen molar-refractivity contribution in [1.29, 1.82) is 0 Å². The SMILES string of the molecule is Cc1cc(C(=O)NCCN(C)C2CC2)sc1C#CCO. The van der Waals surface area contributed by atoms with Crippen molar-refractivity contribution in [3.63, 3.8) is 0 Å². The zero-order valence-electron chi connectivity index (χ0n) is 11.9. The van der Waals surface area contributed by atoms with E-state index in [0.29, 0.717) is 11.4 Å². The number of rotatable bonds is 5. The van der Waals surface area contributed by atoms with Gasteiger partial charge in [0.25, 0.3) is 5.91 Å². The van der Waals surface area contributed by atoms with Gasteiger partial charge >= 0.3 is 0 Å². The molecule has 1 aromatic heterocycles. The van der Waals surface area contributed by atoms with Crippen molar-refractivity contribution in [1.82, 2.24) is 10.2 Å². The summed E-state index contributed by atoms with van der Waals surface area (Å²) in [6, 6.07) is 2.57. The van der Waals surface area contributed by atoms with Crippen LogP contribution in [0.5, 0.6) is 0 Å². The summed E-state index contributed by atoms with van der Waals surface area (Å²) in [5.41, 5.74) is 0.983. The molecule has 1 aromatic rings. The quantitative estimate of drug-likeness (QED) is 0.803. The van der Waals surface area contributed by atoms with Gasteiger partial charge in [0.2, 0.25) is 0 Å². The van der Waals surface area contributed by atoms with Crippen LogP contribution in [0.4, 0.5) is 0 Å². The molecule has 108 valence electrons. The lowest BCUT2D eigenvalue weighted by Crippen LogP contribution is -2.33. The summed E-state index contributed by atoms with van der Waals surface area (Å²) in [5.74, 6) is 5.44. The van der Waals surface area contributed by atoms with Gasteiger partial charge in [0, 0.05) is 19.1 Å². The smallest absolute Gasteiger partial charge is 0.261 e. The fraction of sp³-hybridized carbons (Fsp3) is 0.533. The van der Waals surface area contributed by atoms with E-state index in [4.69, 9.17) is 5.11 Å². The van der Waals surface area contributed by atoms with Crippen LogP contribution in [0.25, 0.3) is 0 Å². The largest absolute Gasteiger partial charge is 0.384 e. The average Bonchev–Trinajstić information content (AvgIpc) is 3.20. The van der Waals surface area contributed by atoms with E-state index in [1.165, 1.54) is 24.2 Å². The monoisotopic (exact) mass is 292 g/mol. The fourth-order valence-corrected chi connectivity index (χ4v) is 2.93. The van der Waals surface area contributed by atoms with Gasteiger partial charge < -0.3 is 15.3 Å². The third kappa shape index (κ3) is 4.07. The van der Waals surface area contributed by atoms with E-state index in [2.05, 4.69) is 29.1 Å². The van der Waals surface area contributed by atoms with Gasteiger partial charge in [0.05, 0.1) is 9.75 Å². The molecule has 1 amide bonds. The van der Waals surface area contributed by atoms with Crippen LogP contribution in [0, 0.1) is 18.8 Å². The van der Waals surface area contributed by atoms with Crippen LogP contribution in [0.15, 0.2) is 6.07 Å². The van der Waals surface area contributed by atoms with Crippen LogP contribution in [-0.2, 0) is 0 Å². The van der Waals surface area contributed by atoms with Crippen LogP contribution in [-0.4, -0.2) is 48.7 Å². The Morgan fingerprint density at radius 2 is 2.35 bits per heavy atom. The fourth-order valence-electron chi connectivity index (χ4n) is 1.97. The highest BCUT2D eigenvalue weighted by Gasteiger charge is 2.25. The van der Waals surface area contributed by atoms with Crippen molar-refractivity contribution in [2.45, 2.75) is 25.8 Å². The number of thiophene rings is 1. The number of aliphatic hydroxyl groups excluding tert-OH is 1. The number of hydrogen-bond donors (Lipinski definition) is 2. The molecule has 20 heavy (non-hydrogen) atoms. The Morgan fingerprint density at radius 3 is 3.00 bits per heavy atom. The third-order valence-electron chi connectivity index (χ3n) is 3.34. The molecule has 1 aliphatic carbocycles. The second kappa shape index (κ2) is 6.89. The molecule has 2 N–H and O–H groups in total. The number of aryl methyl sites for hydroxylation is 1. The summed E-state index contributed by atoms with van der Waals surface area (Å²) in [4.78, 5) is 15.9. The van der Waals surface area contributed by atoms with Gasteiger partial charge in [-0.05, 0) is 38.4 Å². The molecule has 2 rings (SSSR count). The molecular formula is C15H20N2O2S. The van der Waals surface area contributed by atoms with Gasteiger partial charge in [-0.1, -0.05) is 11.8 Å². The lowest BCUT2D eigenvalue weighted by molar-refractivity contribution is 0.0953. The second-order valence-electron chi connectivity index (χ2n) is 5.05. The van der Waals surface area contributed by atoms with Crippen molar-refractivity contribution < 1.29 is 9.90 Å². The van der Waals surface area contributed by atoms with Crippen molar-refractivity contribution in [2.24, 2.45) is 0 Å². The van der Waals surface area contributed by atoms with E-state index in [-0.39, 0.29) is 12.5 Å². The molecule has 0 radical (unpaired) electrons. The second-order valence-corrected chi connectivity index (χ2v) is 6.10. The number of carbonyl (C=O) groups excluding carboxylic acids is 1. The number of aliphatic hydroxyl groups is 1. The lowest BCUT2D eigenvalue weighted by Gasteiger charge is -2.15. The van der Waals surface area contributed by atoms with Gasteiger partial charge in [-0.15, -0.1) is 11.3 Å². The molecule has 0 saturated heterocycles. The Labute approximate surface area is 123 Å². The number of carbonyl (C=O) groups is 1. The number of amides is 1. The summed E-state index contributed by atoms with van der Waals surface area (Å²) in [7, 11) is 2.10. The first-order valence-corrected chi connectivity index (χ1v) is 7.62. The molecule has 0 aromatic carbocycles. The van der Waals surface area contributed by atoms with E-state index >= 15 is 0 Å². The highest BCUT2D eigenvalue weighted by molar-refractivity contribution is 7.14. The summed E-state index contributed by atoms with van der Waals surface area (Å²) >= 11 is 1.37. The first kappa shape index (κ1) is 15.0. The van der Waals surface area contributed by atoms with E-state index in [9.17, 15) is 4.79 Å². The molecule has 4 nitrogen and oxygen atoms in total. The molecule has 0 atom stereocenters. The topological polar surface area (TPSA) is 52.6 Å². The summed E-state index contributed by atoms with van der Waals surface area (Å²) in [5, 5.41) is 11.6. The number of nitrogens with one attached hydrogen (secondary N) is 1. The Hall–Kier alpha value is -1.35. The summed E-state index contributed by atoms with van der Waals surface area (Å²) in [6.45, 7) is 3.32. The number of likely N-dealkylation sites (N-methyl/N-ethyl adjacent to an activating group) is 1. The van der Waals surface area contributed by atoms with Crippen LogP contribution in [0.2, 0.25) is 0 Å². The zero-order chi connectivity index (χ0) is 14.5. The van der Waals surface area contributed by atoms with Crippen molar-refractivity contribution >= 4 is 17.2 Å². The average molecular weight is 292 g/mol. The number of nitrogens with zero attached hydrogens (tertiary/aromatic N) is 1. The van der Waals surface area contributed by atoms with Crippen molar-refractivity contribution in [2.75, 3.05) is 26.7 Å². The normalized spacial score (nSPS) is 14.0. The molecule has 0 aliphatic heterocycles. The Kier molecular flexibility index (Phi) is 5.18. The third-order valence-corrected chi connectivity index (χ3v) is 4.49. The molecule has 0 bridgehead atoms. The van der Waals surface area contributed by atoms with Crippen LogP contribution >= 0.6 is 11.3 Å². The number of hydrogen-bond acceptors (Lipinski definition) is 4. The highest BCUT2D eigenvalue weighted by atomic mass is 32.1.